The Kier molecular flexibility index (Phi) is 5.41. The first kappa shape index (κ1) is 16.6. The van der Waals surface area contributed by atoms with Crippen molar-refractivity contribution in [1.82, 2.24) is 0 Å². The molecule has 0 spiro atoms. The fourth-order valence-electron chi connectivity index (χ4n) is 2.47. The number of anilines is 2. The minimum absolute atomic E-state index is 0.251. The largest absolute Gasteiger partial charge is 0.478 e. The lowest BCUT2D eigenvalue weighted by atomic mass is 10.0. The van der Waals surface area contributed by atoms with Crippen molar-refractivity contribution in [3.8, 4) is 0 Å². The highest BCUT2D eigenvalue weighted by molar-refractivity contribution is 6.20. The molecule has 0 amide bonds. The molecule has 0 saturated carbocycles. The molecule has 0 aliphatic rings. The number of nitrogens with zero attached hydrogens (tertiary/aromatic N) is 1. The van der Waals surface area contributed by atoms with Gasteiger partial charge in [0.15, 0.2) is 0 Å². The number of hydrogen-bond acceptors (Lipinski definition) is 3. The normalized spacial score (nSPS) is 11.3. The molecule has 2 aromatic carbocycles. The third kappa shape index (κ3) is 4.13. The number of benzene rings is 2. The van der Waals surface area contributed by atoms with Gasteiger partial charge in [0.1, 0.15) is 0 Å². The van der Waals surface area contributed by atoms with E-state index < -0.39 is 5.97 Å². The van der Waals surface area contributed by atoms with Crippen molar-refractivity contribution < 1.29 is 9.90 Å². The number of carbonyl (C=O) groups is 1. The predicted molar refractivity (Wildman–Crippen MR) is 96.4 cm³/mol. The van der Waals surface area contributed by atoms with Crippen LogP contribution in [-0.4, -0.2) is 24.2 Å². The van der Waals surface area contributed by atoms with E-state index >= 15 is 0 Å². The fraction of sp³-hybridized carbons (Fsp3) is 0.211. The number of nitrogen functional groups attached to an aromatic ring is 1. The number of aliphatic carboxylic acids is 1. The van der Waals surface area contributed by atoms with Gasteiger partial charge in [-0.2, -0.15) is 0 Å². The summed E-state index contributed by atoms with van der Waals surface area (Å²) in [5.74, 6) is -0.956. The Morgan fingerprint density at radius 3 is 2.09 bits per heavy atom. The molecule has 0 atom stereocenters. The molecular formula is C19H22N2O2. The van der Waals surface area contributed by atoms with Gasteiger partial charge in [-0.3, -0.25) is 0 Å². The minimum Gasteiger partial charge on any atom is -0.478 e. The van der Waals surface area contributed by atoms with Crippen LogP contribution in [0.25, 0.3) is 11.6 Å². The molecule has 23 heavy (non-hydrogen) atoms. The van der Waals surface area contributed by atoms with Gasteiger partial charge in [0.2, 0.25) is 0 Å². The second-order valence-electron chi connectivity index (χ2n) is 5.25. The number of carboxylic acids is 1. The van der Waals surface area contributed by atoms with Crippen molar-refractivity contribution in [3.05, 3.63) is 59.7 Å². The predicted octanol–water partition coefficient (Wildman–Crippen LogP) is 3.74. The molecule has 0 saturated heterocycles. The lowest BCUT2D eigenvalue weighted by molar-refractivity contribution is -0.130. The molecule has 0 fully saturated rings. The highest BCUT2D eigenvalue weighted by Gasteiger charge is 2.10. The summed E-state index contributed by atoms with van der Waals surface area (Å²) >= 11 is 0. The van der Waals surface area contributed by atoms with Gasteiger partial charge in [-0.1, -0.05) is 24.3 Å². The monoisotopic (exact) mass is 310 g/mol. The summed E-state index contributed by atoms with van der Waals surface area (Å²) in [6, 6.07) is 14.8. The molecule has 0 heterocycles. The SMILES string of the molecule is CCN(CC)c1ccc(/C=C(\C(=O)O)c2ccc(N)cc2)cc1. The maximum atomic E-state index is 11.5. The van der Waals surface area contributed by atoms with E-state index in [0.717, 1.165) is 24.3 Å². The second-order valence-corrected chi connectivity index (χ2v) is 5.25. The molecular weight excluding hydrogens is 288 g/mol. The second kappa shape index (κ2) is 7.49. The van der Waals surface area contributed by atoms with E-state index in [1.54, 1.807) is 30.3 Å². The van der Waals surface area contributed by atoms with E-state index in [1.807, 2.05) is 24.3 Å². The zero-order valence-electron chi connectivity index (χ0n) is 13.5. The number of hydrogen-bond donors (Lipinski definition) is 2. The zero-order valence-corrected chi connectivity index (χ0v) is 13.5. The zero-order chi connectivity index (χ0) is 16.8. The van der Waals surface area contributed by atoms with Crippen LogP contribution in [0.2, 0.25) is 0 Å². The number of rotatable bonds is 6. The van der Waals surface area contributed by atoms with Gasteiger partial charge >= 0.3 is 5.97 Å². The topological polar surface area (TPSA) is 66.6 Å². The van der Waals surface area contributed by atoms with Crippen molar-refractivity contribution in [2.24, 2.45) is 0 Å². The molecule has 0 unspecified atom stereocenters. The molecule has 2 aromatic rings. The van der Waals surface area contributed by atoms with Crippen LogP contribution in [0, 0.1) is 0 Å². The van der Waals surface area contributed by atoms with E-state index in [1.165, 1.54) is 0 Å². The van der Waals surface area contributed by atoms with E-state index in [9.17, 15) is 9.90 Å². The molecule has 3 N–H and O–H groups in total. The first-order valence-corrected chi connectivity index (χ1v) is 7.71. The van der Waals surface area contributed by atoms with Crippen LogP contribution >= 0.6 is 0 Å². The highest BCUT2D eigenvalue weighted by Crippen LogP contribution is 2.22. The smallest absolute Gasteiger partial charge is 0.336 e. The van der Waals surface area contributed by atoms with Gasteiger partial charge in [0, 0.05) is 24.5 Å². The highest BCUT2D eigenvalue weighted by atomic mass is 16.4. The molecule has 4 nitrogen and oxygen atoms in total. The van der Waals surface area contributed by atoms with Gasteiger partial charge in [0.25, 0.3) is 0 Å². The van der Waals surface area contributed by atoms with Crippen molar-refractivity contribution in [1.29, 1.82) is 0 Å². The molecule has 120 valence electrons. The Hall–Kier alpha value is -2.75. The molecule has 0 aromatic heterocycles. The third-order valence-electron chi connectivity index (χ3n) is 3.78. The van der Waals surface area contributed by atoms with Crippen molar-refractivity contribution in [3.63, 3.8) is 0 Å². The Labute approximate surface area is 136 Å². The molecule has 0 radical (unpaired) electrons. The first-order valence-electron chi connectivity index (χ1n) is 7.71. The maximum Gasteiger partial charge on any atom is 0.336 e. The van der Waals surface area contributed by atoms with Gasteiger partial charge in [-0.25, -0.2) is 4.79 Å². The summed E-state index contributed by atoms with van der Waals surface area (Å²) in [6.07, 6.45) is 1.68. The van der Waals surface area contributed by atoms with Gasteiger partial charge in [-0.05, 0) is 55.3 Å². The lowest BCUT2D eigenvalue weighted by Crippen LogP contribution is -2.21. The maximum absolute atomic E-state index is 11.5. The summed E-state index contributed by atoms with van der Waals surface area (Å²) in [5, 5.41) is 9.47. The minimum atomic E-state index is -0.956. The van der Waals surface area contributed by atoms with E-state index in [0.29, 0.717) is 11.3 Å². The third-order valence-corrected chi connectivity index (χ3v) is 3.78. The molecule has 0 aliphatic carbocycles. The summed E-state index contributed by atoms with van der Waals surface area (Å²) in [6.45, 7) is 6.11. The summed E-state index contributed by atoms with van der Waals surface area (Å²) in [5.41, 5.74) is 9.15. The van der Waals surface area contributed by atoms with Crippen LogP contribution in [0.1, 0.15) is 25.0 Å². The van der Waals surface area contributed by atoms with Crippen molar-refractivity contribution >= 4 is 29.0 Å². The van der Waals surface area contributed by atoms with Crippen LogP contribution < -0.4 is 10.6 Å². The first-order chi connectivity index (χ1) is 11.0. The quantitative estimate of drug-likeness (QED) is 0.484. The van der Waals surface area contributed by atoms with E-state index in [4.69, 9.17) is 5.73 Å². The van der Waals surface area contributed by atoms with E-state index in [-0.39, 0.29) is 5.57 Å². The Morgan fingerprint density at radius 2 is 1.61 bits per heavy atom. The van der Waals surface area contributed by atoms with Crippen molar-refractivity contribution in [2.75, 3.05) is 23.7 Å². The van der Waals surface area contributed by atoms with Crippen molar-refractivity contribution in [2.45, 2.75) is 13.8 Å². The van der Waals surface area contributed by atoms with Crippen LogP contribution in [-0.2, 0) is 4.79 Å². The summed E-state index contributed by atoms with van der Waals surface area (Å²) in [4.78, 5) is 13.8. The van der Waals surface area contributed by atoms with Gasteiger partial charge in [0.05, 0.1) is 5.57 Å². The molecule has 2 rings (SSSR count). The lowest BCUT2D eigenvalue weighted by Gasteiger charge is -2.20. The van der Waals surface area contributed by atoms with Crippen LogP contribution in [0.15, 0.2) is 48.5 Å². The molecule has 0 bridgehead atoms. The average Bonchev–Trinajstić information content (AvgIpc) is 2.56. The number of carboxylic acid groups (broad SMARTS) is 1. The molecule has 4 heteroatoms. The Balaban J connectivity index is 2.33. The Bertz CT molecular complexity index is 684. The van der Waals surface area contributed by atoms with E-state index in [2.05, 4.69) is 18.7 Å². The Morgan fingerprint density at radius 1 is 1.04 bits per heavy atom. The van der Waals surface area contributed by atoms with Gasteiger partial charge < -0.3 is 15.7 Å². The van der Waals surface area contributed by atoms with Crippen LogP contribution in [0.3, 0.4) is 0 Å². The van der Waals surface area contributed by atoms with Gasteiger partial charge in [-0.15, -0.1) is 0 Å². The fourth-order valence-corrected chi connectivity index (χ4v) is 2.47. The summed E-state index contributed by atoms with van der Waals surface area (Å²) < 4.78 is 0. The van der Waals surface area contributed by atoms with Crippen LogP contribution in [0.4, 0.5) is 11.4 Å². The standard InChI is InChI=1S/C19H22N2O2/c1-3-21(4-2)17-11-5-14(6-12-17)13-18(19(22)23)15-7-9-16(20)10-8-15/h5-13H,3-4,20H2,1-2H3,(H,22,23)/b18-13-. The molecule has 0 aliphatic heterocycles. The average molecular weight is 310 g/mol. The number of nitrogens with two attached hydrogens (primary N) is 1. The van der Waals surface area contributed by atoms with Crippen LogP contribution in [0.5, 0.6) is 0 Å². The summed E-state index contributed by atoms with van der Waals surface area (Å²) in [7, 11) is 0.